The van der Waals surface area contributed by atoms with Crippen molar-refractivity contribution in [2.45, 2.75) is 103 Å². The molecule has 0 aromatic rings. The number of aliphatic imine (C=N–C) groups is 1. The first-order chi connectivity index (χ1) is 13.0. The van der Waals surface area contributed by atoms with Crippen molar-refractivity contribution >= 4 is 11.9 Å². The van der Waals surface area contributed by atoms with Gasteiger partial charge in [0.25, 0.3) is 0 Å². The Morgan fingerprint density at radius 2 is 1.52 bits per heavy atom. The van der Waals surface area contributed by atoms with Crippen molar-refractivity contribution in [3.63, 3.8) is 0 Å². The number of nitrogens with two attached hydrogens (primary N) is 2. The molecule has 1 amide bonds. The molecule has 0 rings (SSSR count). The quantitative estimate of drug-likeness (QED) is 0.107. The highest BCUT2D eigenvalue weighted by atomic mass is 16.3. The zero-order valence-corrected chi connectivity index (χ0v) is 17.5. The number of likely N-dealkylation sites (N-methyl/N-ethyl adjacent to an activating group) is 1. The maximum atomic E-state index is 12.2. The van der Waals surface area contributed by atoms with Gasteiger partial charge in [-0.05, 0) is 32.6 Å². The zero-order chi connectivity index (χ0) is 20.3. The summed E-state index contributed by atoms with van der Waals surface area (Å²) in [5, 5.41) is 16.1. The van der Waals surface area contributed by atoms with Crippen LogP contribution in [0.5, 0.6) is 0 Å². The van der Waals surface area contributed by atoms with Gasteiger partial charge in [-0.3, -0.25) is 15.1 Å². The van der Waals surface area contributed by atoms with E-state index in [9.17, 15) is 9.90 Å². The Morgan fingerprint density at radius 3 is 2.07 bits per heavy atom. The minimum atomic E-state index is -0.662. The first-order valence-corrected chi connectivity index (χ1v) is 10.8. The molecule has 0 bridgehead atoms. The molecule has 0 saturated heterocycles. The van der Waals surface area contributed by atoms with Crippen LogP contribution in [0.2, 0.25) is 0 Å². The maximum absolute atomic E-state index is 12.2. The van der Waals surface area contributed by atoms with Crippen molar-refractivity contribution in [3.8, 4) is 0 Å². The zero-order valence-electron chi connectivity index (χ0n) is 17.5. The second-order valence-corrected chi connectivity index (χ2v) is 7.20. The number of unbranched alkanes of at least 4 members (excludes halogenated alkanes) is 8. The second-order valence-electron chi connectivity index (χ2n) is 7.20. The van der Waals surface area contributed by atoms with Crippen molar-refractivity contribution in [3.05, 3.63) is 0 Å². The van der Waals surface area contributed by atoms with Gasteiger partial charge in [-0.15, -0.1) is 0 Å². The molecule has 7 nitrogen and oxygen atoms in total. The molecule has 0 aromatic carbocycles. The number of carbonyl (C=O) groups excluding carboxylic acids is 1. The average Bonchev–Trinajstić information content (AvgIpc) is 2.62. The summed E-state index contributed by atoms with van der Waals surface area (Å²) in [6, 6.07) is -0.423. The van der Waals surface area contributed by atoms with E-state index >= 15 is 0 Å². The van der Waals surface area contributed by atoms with E-state index in [0.717, 1.165) is 12.8 Å². The van der Waals surface area contributed by atoms with Crippen LogP contribution in [0.4, 0.5) is 0 Å². The highest BCUT2D eigenvalue weighted by Gasteiger charge is 2.19. The van der Waals surface area contributed by atoms with Gasteiger partial charge in [0.15, 0.2) is 5.96 Å². The summed E-state index contributed by atoms with van der Waals surface area (Å²) in [7, 11) is 0. The van der Waals surface area contributed by atoms with E-state index in [1.807, 2.05) is 6.92 Å². The Bertz CT molecular complexity index is 387. The molecule has 0 saturated carbocycles. The largest absolute Gasteiger partial charge is 0.379 e. The topological polar surface area (TPSA) is 126 Å². The first kappa shape index (κ1) is 25.7. The molecular weight excluding hydrogens is 342 g/mol. The smallest absolute Gasteiger partial charge is 0.237 e. The minimum absolute atomic E-state index is 0.0583. The lowest BCUT2D eigenvalue weighted by molar-refractivity contribution is -0.124. The van der Waals surface area contributed by atoms with Crippen LogP contribution in [0.25, 0.3) is 0 Å². The Hall–Kier alpha value is -1.34. The number of amides is 1. The van der Waals surface area contributed by atoms with Crippen LogP contribution < -0.4 is 22.1 Å². The molecule has 0 fully saturated rings. The summed E-state index contributed by atoms with van der Waals surface area (Å²) in [6.45, 7) is 5.17. The van der Waals surface area contributed by atoms with E-state index in [1.165, 1.54) is 44.9 Å². The molecule has 7 heteroatoms. The number of carbonyl (C=O) groups is 1. The summed E-state index contributed by atoms with van der Waals surface area (Å²) in [5.74, 6) is -0.0313. The first-order valence-electron chi connectivity index (χ1n) is 10.8. The fraction of sp³-hybridized carbons (Fsp3) is 0.900. The predicted octanol–water partition coefficient (Wildman–Crippen LogP) is 2.37. The van der Waals surface area contributed by atoms with Gasteiger partial charge in [0, 0.05) is 13.1 Å². The highest BCUT2D eigenvalue weighted by molar-refractivity contribution is 5.81. The van der Waals surface area contributed by atoms with Crippen LogP contribution in [-0.2, 0) is 4.79 Å². The van der Waals surface area contributed by atoms with Crippen LogP contribution in [0.3, 0.4) is 0 Å². The normalized spacial score (nSPS) is 13.1. The molecule has 0 spiro atoms. The molecule has 0 radical (unpaired) electrons. The standard InChI is InChI=1S/C20H43N5O2/c1-3-5-6-7-8-9-10-11-12-15-18(26)25-17(19(27)23-4-2)14-13-16-24-20(21)22/h17-18,25-26H,3-16H2,1-2H3,(H,23,27)(H4,21,22,24). The van der Waals surface area contributed by atoms with Crippen LogP contribution >= 0.6 is 0 Å². The molecule has 0 aliphatic rings. The summed E-state index contributed by atoms with van der Waals surface area (Å²) in [4.78, 5) is 16.1. The predicted molar refractivity (Wildman–Crippen MR) is 113 cm³/mol. The van der Waals surface area contributed by atoms with Crippen molar-refractivity contribution in [1.29, 1.82) is 0 Å². The number of rotatable bonds is 18. The summed E-state index contributed by atoms with van der Waals surface area (Å²) in [6.07, 6.45) is 12.5. The van der Waals surface area contributed by atoms with E-state index < -0.39 is 12.3 Å². The molecule has 0 aromatic heterocycles. The molecular formula is C20H43N5O2. The molecule has 27 heavy (non-hydrogen) atoms. The van der Waals surface area contributed by atoms with Crippen molar-refractivity contribution in [1.82, 2.24) is 10.6 Å². The van der Waals surface area contributed by atoms with Crippen LogP contribution in [0.1, 0.15) is 90.9 Å². The van der Waals surface area contributed by atoms with E-state index in [1.54, 1.807) is 0 Å². The molecule has 0 aliphatic carbocycles. The Balaban J connectivity index is 3.97. The van der Waals surface area contributed by atoms with Crippen molar-refractivity contribution in [2.75, 3.05) is 13.1 Å². The molecule has 2 unspecified atom stereocenters. The second kappa shape index (κ2) is 18.0. The van der Waals surface area contributed by atoms with Gasteiger partial charge >= 0.3 is 0 Å². The third kappa shape index (κ3) is 16.6. The number of aliphatic hydroxyl groups excluding tert-OH is 1. The van der Waals surface area contributed by atoms with Gasteiger partial charge < -0.3 is 21.9 Å². The average molecular weight is 386 g/mol. The number of aliphatic hydroxyl groups is 1. The van der Waals surface area contributed by atoms with Gasteiger partial charge in [-0.1, -0.05) is 58.3 Å². The van der Waals surface area contributed by atoms with Crippen molar-refractivity contribution < 1.29 is 9.90 Å². The summed E-state index contributed by atoms with van der Waals surface area (Å²) < 4.78 is 0. The van der Waals surface area contributed by atoms with E-state index in [4.69, 9.17) is 11.5 Å². The molecule has 2 atom stereocenters. The van der Waals surface area contributed by atoms with E-state index in [0.29, 0.717) is 32.4 Å². The lowest BCUT2D eigenvalue weighted by Gasteiger charge is -2.21. The SMILES string of the molecule is CCCCCCCCCCCC(O)NC(CCCN=C(N)N)C(=O)NCC. The summed E-state index contributed by atoms with van der Waals surface area (Å²) in [5.41, 5.74) is 10.6. The van der Waals surface area contributed by atoms with E-state index in [-0.39, 0.29) is 11.9 Å². The highest BCUT2D eigenvalue weighted by Crippen LogP contribution is 2.11. The Morgan fingerprint density at radius 1 is 0.926 bits per heavy atom. The van der Waals surface area contributed by atoms with Gasteiger partial charge in [0.2, 0.25) is 5.91 Å². The third-order valence-electron chi connectivity index (χ3n) is 4.59. The van der Waals surface area contributed by atoms with Crippen LogP contribution in [0.15, 0.2) is 4.99 Å². The molecule has 7 N–H and O–H groups in total. The lowest BCUT2D eigenvalue weighted by atomic mass is 10.1. The number of nitrogens with zero attached hydrogens (tertiary/aromatic N) is 1. The van der Waals surface area contributed by atoms with Gasteiger partial charge in [0.05, 0.1) is 6.04 Å². The monoisotopic (exact) mass is 385 g/mol. The maximum Gasteiger partial charge on any atom is 0.237 e. The van der Waals surface area contributed by atoms with Crippen LogP contribution in [-0.4, -0.2) is 42.3 Å². The fourth-order valence-corrected chi connectivity index (χ4v) is 3.06. The van der Waals surface area contributed by atoms with Gasteiger partial charge in [-0.25, -0.2) is 0 Å². The number of hydrogen-bond acceptors (Lipinski definition) is 4. The number of hydrogen-bond donors (Lipinski definition) is 5. The van der Waals surface area contributed by atoms with Crippen molar-refractivity contribution in [2.24, 2.45) is 16.5 Å². The Labute approximate surface area is 165 Å². The molecule has 0 aliphatic heterocycles. The minimum Gasteiger partial charge on any atom is -0.379 e. The van der Waals surface area contributed by atoms with Gasteiger partial charge in [-0.2, -0.15) is 0 Å². The summed E-state index contributed by atoms with van der Waals surface area (Å²) >= 11 is 0. The molecule has 0 heterocycles. The fourth-order valence-electron chi connectivity index (χ4n) is 3.06. The number of nitrogens with one attached hydrogen (secondary N) is 2. The van der Waals surface area contributed by atoms with E-state index in [2.05, 4.69) is 22.5 Å². The van der Waals surface area contributed by atoms with Gasteiger partial charge in [0.1, 0.15) is 6.23 Å². The Kier molecular flexibility index (Phi) is 17.1. The van der Waals surface area contributed by atoms with Crippen LogP contribution in [0, 0.1) is 0 Å². The third-order valence-corrected chi connectivity index (χ3v) is 4.59. The molecule has 160 valence electrons. The number of guanidine groups is 1. The lowest BCUT2D eigenvalue weighted by Crippen LogP contribution is -2.48.